The van der Waals surface area contributed by atoms with Gasteiger partial charge in [0.05, 0.1) is 6.33 Å². The SMILES string of the molecule is NC1N=CN=C2NC(=NCCc3cnc[nH]3)NC21. The van der Waals surface area contributed by atoms with Crippen molar-refractivity contribution in [1.29, 1.82) is 0 Å². The normalized spacial score (nSPS) is 27.6. The largest absolute Gasteiger partial charge is 0.348 e. The fraction of sp³-hybridized carbons (Fsp3) is 0.400. The number of imidazole rings is 1. The maximum atomic E-state index is 5.84. The van der Waals surface area contributed by atoms with Crippen molar-refractivity contribution in [1.82, 2.24) is 20.6 Å². The summed E-state index contributed by atoms with van der Waals surface area (Å²) in [6.45, 7) is 0.660. The van der Waals surface area contributed by atoms with E-state index in [2.05, 4.69) is 35.6 Å². The van der Waals surface area contributed by atoms with Gasteiger partial charge in [-0.2, -0.15) is 0 Å². The highest BCUT2D eigenvalue weighted by Crippen LogP contribution is 2.05. The lowest BCUT2D eigenvalue weighted by Crippen LogP contribution is -2.46. The molecule has 94 valence electrons. The highest BCUT2D eigenvalue weighted by atomic mass is 15.3. The van der Waals surface area contributed by atoms with Crippen molar-refractivity contribution in [2.75, 3.05) is 6.54 Å². The van der Waals surface area contributed by atoms with Gasteiger partial charge in [-0.1, -0.05) is 0 Å². The zero-order valence-electron chi connectivity index (χ0n) is 9.67. The third-order valence-electron chi connectivity index (χ3n) is 2.82. The summed E-state index contributed by atoms with van der Waals surface area (Å²) in [5.74, 6) is 1.47. The molecule has 1 fully saturated rings. The van der Waals surface area contributed by atoms with Crippen LogP contribution in [0.4, 0.5) is 0 Å². The average Bonchev–Trinajstić information content (AvgIpc) is 2.98. The Bertz CT molecular complexity index is 500. The molecule has 2 aliphatic heterocycles. The topological polar surface area (TPSA) is 116 Å². The highest BCUT2D eigenvalue weighted by molar-refractivity contribution is 6.12. The van der Waals surface area contributed by atoms with Crippen molar-refractivity contribution in [3.8, 4) is 0 Å². The second kappa shape index (κ2) is 4.57. The molecule has 0 bridgehead atoms. The molecule has 3 rings (SSSR count). The first-order valence-corrected chi connectivity index (χ1v) is 5.73. The molecule has 1 saturated heterocycles. The van der Waals surface area contributed by atoms with Crippen molar-refractivity contribution in [3.63, 3.8) is 0 Å². The van der Waals surface area contributed by atoms with Crippen LogP contribution in [0.2, 0.25) is 0 Å². The molecule has 0 radical (unpaired) electrons. The van der Waals surface area contributed by atoms with E-state index in [-0.39, 0.29) is 12.2 Å². The second-order valence-electron chi connectivity index (χ2n) is 4.07. The van der Waals surface area contributed by atoms with Gasteiger partial charge < -0.3 is 21.4 Å². The standard InChI is InChI=1S/C10H14N8/c11-8-7-9(16-5-15-8)18-10(17-7)13-2-1-6-3-12-4-14-6/h3-5,7-8H,1-2,11H2,(H,12,14)(H2,13,15,16,17,18). The Morgan fingerprint density at radius 3 is 3.17 bits per heavy atom. The smallest absolute Gasteiger partial charge is 0.197 e. The minimum absolute atomic E-state index is 0.0964. The molecule has 0 spiro atoms. The van der Waals surface area contributed by atoms with E-state index in [9.17, 15) is 0 Å². The van der Waals surface area contributed by atoms with Gasteiger partial charge in [0, 0.05) is 24.9 Å². The molecular formula is C10H14N8. The molecule has 3 heterocycles. The molecule has 2 aliphatic rings. The monoisotopic (exact) mass is 246 g/mol. The number of aliphatic imine (C=N–C) groups is 3. The van der Waals surface area contributed by atoms with Crippen LogP contribution in [-0.2, 0) is 6.42 Å². The lowest BCUT2D eigenvalue weighted by Gasteiger charge is -2.16. The molecule has 8 nitrogen and oxygen atoms in total. The van der Waals surface area contributed by atoms with Crippen LogP contribution in [0, 0.1) is 0 Å². The maximum absolute atomic E-state index is 5.84. The van der Waals surface area contributed by atoms with Gasteiger partial charge in [-0.05, 0) is 0 Å². The van der Waals surface area contributed by atoms with E-state index >= 15 is 0 Å². The molecule has 0 saturated carbocycles. The Morgan fingerprint density at radius 2 is 2.39 bits per heavy atom. The van der Waals surface area contributed by atoms with Gasteiger partial charge in [0.25, 0.3) is 0 Å². The van der Waals surface area contributed by atoms with Gasteiger partial charge in [0.1, 0.15) is 24.4 Å². The number of nitrogens with one attached hydrogen (secondary N) is 3. The lowest BCUT2D eigenvalue weighted by atomic mass is 10.2. The van der Waals surface area contributed by atoms with E-state index in [0.717, 1.165) is 18.0 Å². The van der Waals surface area contributed by atoms with Crippen LogP contribution in [0.15, 0.2) is 27.5 Å². The molecular weight excluding hydrogens is 232 g/mol. The fourth-order valence-electron chi connectivity index (χ4n) is 1.86. The second-order valence-corrected chi connectivity index (χ2v) is 4.07. The highest BCUT2D eigenvalue weighted by Gasteiger charge is 2.32. The van der Waals surface area contributed by atoms with E-state index < -0.39 is 0 Å². The van der Waals surface area contributed by atoms with Crippen molar-refractivity contribution in [3.05, 3.63) is 18.2 Å². The molecule has 0 amide bonds. The predicted molar refractivity (Wildman–Crippen MR) is 68.6 cm³/mol. The molecule has 8 heteroatoms. The number of fused-ring (bicyclic) bond motifs is 1. The summed E-state index contributed by atoms with van der Waals surface area (Å²) < 4.78 is 0. The van der Waals surface area contributed by atoms with E-state index in [4.69, 9.17) is 5.73 Å². The summed E-state index contributed by atoms with van der Waals surface area (Å²) in [6, 6.07) is -0.0964. The van der Waals surface area contributed by atoms with E-state index in [1.165, 1.54) is 6.34 Å². The average molecular weight is 246 g/mol. The van der Waals surface area contributed by atoms with Crippen molar-refractivity contribution in [2.45, 2.75) is 18.6 Å². The zero-order valence-corrected chi connectivity index (χ0v) is 9.67. The van der Waals surface area contributed by atoms with Gasteiger partial charge in [0.2, 0.25) is 0 Å². The fourth-order valence-corrected chi connectivity index (χ4v) is 1.86. The number of rotatable bonds is 3. The zero-order chi connectivity index (χ0) is 12.4. The van der Waals surface area contributed by atoms with E-state index in [1.54, 1.807) is 12.5 Å². The van der Waals surface area contributed by atoms with Crippen LogP contribution < -0.4 is 16.4 Å². The van der Waals surface area contributed by atoms with Crippen molar-refractivity contribution in [2.24, 2.45) is 20.7 Å². The first kappa shape index (κ1) is 10.9. The molecule has 1 aromatic heterocycles. The van der Waals surface area contributed by atoms with Crippen LogP contribution in [0.5, 0.6) is 0 Å². The number of aromatic nitrogens is 2. The summed E-state index contributed by atoms with van der Waals surface area (Å²) in [5, 5.41) is 6.26. The quantitative estimate of drug-likeness (QED) is 0.524. The first-order chi connectivity index (χ1) is 8.83. The number of hydrogen-bond acceptors (Lipinski definition) is 5. The maximum Gasteiger partial charge on any atom is 0.197 e. The summed E-state index contributed by atoms with van der Waals surface area (Å²) in [5.41, 5.74) is 6.90. The van der Waals surface area contributed by atoms with Crippen LogP contribution in [0.25, 0.3) is 0 Å². The third kappa shape index (κ3) is 2.09. The third-order valence-corrected chi connectivity index (χ3v) is 2.82. The summed E-state index contributed by atoms with van der Waals surface area (Å²) in [4.78, 5) is 19.5. The van der Waals surface area contributed by atoms with Gasteiger partial charge in [0.15, 0.2) is 5.96 Å². The van der Waals surface area contributed by atoms with Crippen LogP contribution in [-0.4, -0.2) is 46.9 Å². The van der Waals surface area contributed by atoms with Gasteiger partial charge >= 0.3 is 0 Å². The molecule has 5 N–H and O–H groups in total. The summed E-state index contributed by atoms with van der Waals surface area (Å²) >= 11 is 0. The first-order valence-electron chi connectivity index (χ1n) is 5.73. The predicted octanol–water partition coefficient (Wildman–Crippen LogP) is -1.41. The minimum atomic E-state index is -0.315. The van der Waals surface area contributed by atoms with Crippen LogP contribution in [0.3, 0.4) is 0 Å². The Kier molecular flexibility index (Phi) is 2.77. The van der Waals surface area contributed by atoms with Gasteiger partial charge in [-0.15, -0.1) is 0 Å². The number of nitrogens with zero attached hydrogens (tertiary/aromatic N) is 4. The number of nitrogens with two attached hydrogens (primary N) is 1. The number of aromatic amines is 1. The molecule has 0 aliphatic carbocycles. The Morgan fingerprint density at radius 1 is 1.44 bits per heavy atom. The summed E-state index contributed by atoms with van der Waals surface area (Å²) in [7, 11) is 0. The number of amidine groups is 1. The molecule has 0 aromatic carbocycles. The molecule has 2 unspecified atom stereocenters. The Hall–Kier alpha value is -2.22. The van der Waals surface area contributed by atoms with E-state index in [1.807, 2.05) is 0 Å². The molecule has 1 aromatic rings. The summed E-state index contributed by atoms with van der Waals surface area (Å²) in [6.07, 6.45) is 5.42. The Balaban J connectivity index is 1.59. The number of H-pyrrole nitrogens is 1. The van der Waals surface area contributed by atoms with Crippen molar-refractivity contribution >= 4 is 18.1 Å². The number of hydrogen-bond donors (Lipinski definition) is 4. The van der Waals surface area contributed by atoms with Gasteiger partial charge in [-0.25, -0.2) is 9.98 Å². The van der Waals surface area contributed by atoms with Crippen LogP contribution >= 0.6 is 0 Å². The number of guanidine groups is 1. The minimum Gasteiger partial charge on any atom is -0.348 e. The van der Waals surface area contributed by atoms with Gasteiger partial charge in [-0.3, -0.25) is 9.98 Å². The van der Waals surface area contributed by atoms with Crippen molar-refractivity contribution < 1.29 is 0 Å². The molecule has 18 heavy (non-hydrogen) atoms. The lowest BCUT2D eigenvalue weighted by molar-refractivity contribution is 0.612. The molecule has 2 atom stereocenters. The van der Waals surface area contributed by atoms with E-state index in [0.29, 0.717) is 12.5 Å². The van der Waals surface area contributed by atoms with Crippen LogP contribution in [0.1, 0.15) is 5.69 Å². The Labute approximate surface area is 104 Å².